The lowest BCUT2D eigenvalue weighted by Crippen LogP contribution is -2.18. The van der Waals surface area contributed by atoms with Crippen LogP contribution in [0.3, 0.4) is 0 Å². The Kier molecular flexibility index (Phi) is 4.15. The Bertz CT molecular complexity index is 496. The zero-order valence-electron chi connectivity index (χ0n) is 11.0. The first kappa shape index (κ1) is 12.8. The van der Waals surface area contributed by atoms with Crippen molar-refractivity contribution >= 4 is 23.0 Å². The van der Waals surface area contributed by atoms with Gasteiger partial charge in [0.15, 0.2) is 0 Å². The van der Waals surface area contributed by atoms with E-state index >= 15 is 0 Å². The van der Waals surface area contributed by atoms with E-state index in [0.717, 1.165) is 30.5 Å². The van der Waals surface area contributed by atoms with Gasteiger partial charge in [-0.05, 0) is 25.3 Å². The van der Waals surface area contributed by atoms with E-state index in [1.165, 1.54) is 4.88 Å². The third-order valence-corrected chi connectivity index (χ3v) is 3.41. The Hall–Kier alpha value is -1.62. The fourth-order valence-electron chi connectivity index (χ4n) is 1.74. The summed E-state index contributed by atoms with van der Waals surface area (Å²) in [7, 11) is 2.05. The molecule has 2 heterocycles. The molecule has 0 bridgehead atoms. The molecule has 4 nitrogen and oxygen atoms in total. The molecular weight excluding hydrogens is 244 g/mol. The van der Waals surface area contributed by atoms with E-state index in [1.807, 2.05) is 13.0 Å². The molecule has 2 aromatic heterocycles. The third-order valence-electron chi connectivity index (χ3n) is 2.55. The second-order valence-corrected chi connectivity index (χ2v) is 5.16. The standard InChI is InChI=1S/C13H18N4S/c1-4-14-12-8-13(16-10(2)15-12)17(3)9-11-6-5-7-18-11/h5-8H,4,9H2,1-3H3,(H,14,15,16). The van der Waals surface area contributed by atoms with Crippen molar-refractivity contribution in [2.75, 3.05) is 23.8 Å². The molecule has 2 rings (SSSR count). The van der Waals surface area contributed by atoms with E-state index in [9.17, 15) is 0 Å². The molecule has 0 fully saturated rings. The van der Waals surface area contributed by atoms with E-state index in [-0.39, 0.29) is 0 Å². The highest BCUT2D eigenvalue weighted by molar-refractivity contribution is 7.09. The largest absolute Gasteiger partial charge is 0.370 e. The number of hydrogen-bond acceptors (Lipinski definition) is 5. The topological polar surface area (TPSA) is 41.0 Å². The van der Waals surface area contributed by atoms with Crippen LogP contribution in [0, 0.1) is 6.92 Å². The summed E-state index contributed by atoms with van der Waals surface area (Å²) in [5.41, 5.74) is 0. The van der Waals surface area contributed by atoms with Crippen molar-refractivity contribution in [2.45, 2.75) is 20.4 Å². The van der Waals surface area contributed by atoms with Gasteiger partial charge in [0.25, 0.3) is 0 Å². The molecule has 0 spiro atoms. The van der Waals surface area contributed by atoms with Crippen LogP contribution >= 0.6 is 11.3 Å². The molecule has 0 aliphatic rings. The monoisotopic (exact) mass is 262 g/mol. The van der Waals surface area contributed by atoms with Crippen LogP contribution in [0.5, 0.6) is 0 Å². The number of hydrogen-bond donors (Lipinski definition) is 1. The van der Waals surface area contributed by atoms with Gasteiger partial charge in [-0.3, -0.25) is 0 Å². The Labute approximate surface area is 112 Å². The predicted octanol–water partition coefficient (Wildman–Crippen LogP) is 2.91. The number of thiophene rings is 1. The van der Waals surface area contributed by atoms with Gasteiger partial charge >= 0.3 is 0 Å². The minimum Gasteiger partial charge on any atom is -0.370 e. The summed E-state index contributed by atoms with van der Waals surface area (Å²) in [5, 5.41) is 5.32. The summed E-state index contributed by atoms with van der Waals surface area (Å²) in [6.45, 7) is 5.72. The molecule has 0 saturated heterocycles. The maximum atomic E-state index is 4.48. The van der Waals surface area contributed by atoms with Crippen molar-refractivity contribution in [3.8, 4) is 0 Å². The quantitative estimate of drug-likeness (QED) is 0.899. The summed E-state index contributed by atoms with van der Waals surface area (Å²) in [5.74, 6) is 2.63. The summed E-state index contributed by atoms with van der Waals surface area (Å²) in [4.78, 5) is 12.3. The highest BCUT2D eigenvalue weighted by Crippen LogP contribution is 2.18. The lowest BCUT2D eigenvalue weighted by atomic mass is 10.4. The van der Waals surface area contributed by atoms with Gasteiger partial charge < -0.3 is 10.2 Å². The second kappa shape index (κ2) is 5.82. The van der Waals surface area contributed by atoms with E-state index in [2.05, 4.69) is 51.7 Å². The maximum Gasteiger partial charge on any atom is 0.134 e. The van der Waals surface area contributed by atoms with Crippen molar-refractivity contribution in [2.24, 2.45) is 0 Å². The summed E-state index contributed by atoms with van der Waals surface area (Å²) in [6, 6.07) is 6.20. The van der Waals surface area contributed by atoms with Gasteiger partial charge in [0.05, 0.1) is 6.54 Å². The van der Waals surface area contributed by atoms with Gasteiger partial charge in [0.1, 0.15) is 17.5 Å². The lowest BCUT2D eigenvalue weighted by Gasteiger charge is -2.18. The zero-order chi connectivity index (χ0) is 13.0. The van der Waals surface area contributed by atoms with Gasteiger partial charge in [-0.2, -0.15) is 0 Å². The Balaban J connectivity index is 2.16. The molecule has 0 amide bonds. The summed E-state index contributed by atoms with van der Waals surface area (Å²) in [6.07, 6.45) is 0. The first-order valence-corrected chi connectivity index (χ1v) is 6.90. The molecule has 1 N–H and O–H groups in total. The van der Waals surface area contributed by atoms with Gasteiger partial charge in [0, 0.05) is 24.5 Å². The van der Waals surface area contributed by atoms with E-state index in [4.69, 9.17) is 0 Å². The minimum absolute atomic E-state index is 0.793. The highest BCUT2D eigenvalue weighted by atomic mass is 32.1. The molecule has 0 atom stereocenters. The minimum atomic E-state index is 0.793. The molecule has 0 radical (unpaired) electrons. The molecule has 0 aliphatic heterocycles. The number of aromatic nitrogens is 2. The van der Waals surface area contributed by atoms with E-state index in [1.54, 1.807) is 11.3 Å². The summed E-state index contributed by atoms with van der Waals surface area (Å²) >= 11 is 1.76. The van der Waals surface area contributed by atoms with Gasteiger partial charge in [-0.25, -0.2) is 9.97 Å². The average Bonchev–Trinajstić information content (AvgIpc) is 2.81. The van der Waals surface area contributed by atoms with Crippen LogP contribution in [-0.4, -0.2) is 23.6 Å². The van der Waals surface area contributed by atoms with Crippen molar-refractivity contribution < 1.29 is 0 Å². The molecule has 0 unspecified atom stereocenters. The number of nitrogens with zero attached hydrogens (tertiary/aromatic N) is 3. The number of nitrogens with one attached hydrogen (secondary N) is 1. The van der Waals surface area contributed by atoms with Crippen LogP contribution in [0.2, 0.25) is 0 Å². The summed E-state index contributed by atoms with van der Waals surface area (Å²) < 4.78 is 0. The molecule has 0 aliphatic carbocycles. The van der Waals surface area contributed by atoms with Crippen molar-refractivity contribution in [1.29, 1.82) is 0 Å². The second-order valence-electron chi connectivity index (χ2n) is 4.12. The van der Waals surface area contributed by atoms with Crippen molar-refractivity contribution in [1.82, 2.24) is 9.97 Å². The zero-order valence-corrected chi connectivity index (χ0v) is 11.8. The Morgan fingerprint density at radius 1 is 1.39 bits per heavy atom. The number of aryl methyl sites for hydroxylation is 1. The lowest BCUT2D eigenvalue weighted by molar-refractivity contribution is 0.890. The molecule has 96 valence electrons. The molecule has 0 saturated carbocycles. The highest BCUT2D eigenvalue weighted by Gasteiger charge is 2.07. The normalized spacial score (nSPS) is 10.4. The average molecular weight is 262 g/mol. The molecule has 5 heteroatoms. The Morgan fingerprint density at radius 2 is 2.22 bits per heavy atom. The molecule has 18 heavy (non-hydrogen) atoms. The Morgan fingerprint density at radius 3 is 2.89 bits per heavy atom. The van der Waals surface area contributed by atoms with Crippen LogP contribution in [0.25, 0.3) is 0 Å². The van der Waals surface area contributed by atoms with Crippen LogP contribution in [0.15, 0.2) is 23.6 Å². The fourth-order valence-corrected chi connectivity index (χ4v) is 2.49. The number of anilines is 2. The fraction of sp³-hybridized carbons (Fsp3) is 0.385. The first-order chi connectivity index (χ1) is 8.69. The molecule has 2 aromatic rings. The predicted molar refractivity (Wildman–Crippen MR) is 77.4 cm³/mol. The van der Waals surface area contributed by atoms with Crippen molar-refractivity contribution in [3.63, 3.8) is 0 Å². The van der Waals surface area contributed by atoms with E-state index in [0.29, 0.717) is 0 Å². The van der Waals surface area contributed by atoms with Crippen LogP contribution in [-0.2, 0) is 6.54 Å². The van der Waals surface area contributed by atoms with Gasteiger partial charge in [0.2, 0.25) is 0 Å². The van der Waals surface area contributed by atoms with Crippen LogP contribution in [0.1, 0.15) is 17.6 Å². The first-order valence-electron chi connectivity index (χ1n) is 6.02. The maximum absolute atomic E-state index is 4.48. The van der Waals surface area contributed by atoms with Gasteiger partial charge in [-0.1, -0.05) is 6.07 Å². The molecule has 0 aromatic carbocycles. The van der Waals surface area contributed by atoms with Crippen LogP contribution < -0.4 is 10.2 Å². The number of rotatable bonds is 5. The SMILES string of the molecule is CCNc1cc(N(C)Cc2cccs2)nc(C)n1. The smallest absolute Gasteiger partial charge is 0.134 e. The molecular formula is C13H18N4S. The van der Waals surface area contributed by atoms with Crippen molar-refractivity contribution in [3.05, 3.63) is 34.3 Å². The van der Waals surface area contributed by atoms with Crippen LogP contribution in [0.4, 0.5) is 11.6 Å². The van der Waals surface area contributed by atoms with E-state index < -0.39 is 0 Å². The third kappa shape index (κ3) is 3.20. The van der Waals surface area contributed by atoms with Gasteiger partial charge in [-0.15, -0.1) is 11.3 Å².